The monoisotopic (exact) mass is 455 g/mol. The van der Waals surface area contributed by atoms with Crippen molar-refractivity contribution in [2.45, 2.75) is 33.4 Å². The normalized spacial score (nSPS) is 12.0. The molecule has 174 valence electrons. The van der Waals surface area contributed by atoms with Gasteiger partial charge in [0.15, 0.2) is 0 Å². The topological polar surface area (TPSA) is 84.2 Å². The van der Waals surface area contributed by atoms with Crippen molar-refractivity contribution in [3.05, 3.63) is 100 Å². The van der Waals surface area contributed by atoms with Gasteiger partial charge in [-0.1, -0.05) is 73.2 Å². The van der Waals surface area contributed by atoms with Gasteiger partial charge in [-0.05, 0) is 36.5 Å². The number of hydrogen-bond acceptors (Lipinski definition) is 4. The molecule has 0 bridgehead atoms. The molecule has 0 saturated carbocycles. The summed E-state index contributed by atoms with van der Waals surface area (Å²) in [5.74, 6) is -0.326. The number of hydrogen-bond donors (Lipinski definition) is 2. The SMILES string of the molecule is Cc1ccc(-c2c(C(=O)NCc3ccccc3)n(CCC(C)CO)c(=O)c3ncccc23)cc1. The van der Waals surface area contributed by atoms with Crippen LogP contribution in [0.25, 0.3) is 22.0 Å². The number of aliphatic hydroxyl groups excluding tert-OH is 1. The maximum atomic E-state index is 13.7. The van der Waals surface area contributed by atoms with Crippen molar-refractivity contribution in [3.8, 4) is 11.1 Å². The number of aliphatic hydroxyl groups is 1. The first-order chi connectivity index (χ1) is 16.5. The van der Waals surface area contributed by atoms with Gasteiger partial charge in [-0.2, -0.15) is 0 Å². The molecule has 4 aromatic rings. The van der Waals surface area contributed by atoms with Crippen LogP contribution in [-0.4, -0.2) is 27.2 Å². The number of pyridine rings is 2. The Kier molecular flexibility index (Phi) is 7.18. The van der Waals surface area contributed by atoms with Gasteiger partial charge in [-0.3, -0.25) is 14.6 Å². The third-order valence-corrected chi connectivity index (χ3v) is 6.04. The highest BCUT2D eigenvalue weighted by molar-refractivity contribution is 6.07. The molecule has 4 rings (SSSR count). The Balaban J connectivity index is 1.91. The molecule has 0 aliphatic rings. The molecule has 1 unspecified atom stereocenters. The summed E-state index contributed by atoms with van der Waals surface area (Å²) in [7, 11) is 0. The van der Waals surface area contributed by atoms with E-state index in [4.69, 9.17) is 0 Å². The smallest absolute Gasteiger partial charge is 0.277 e. The molecule has 6 nitrogen and oxygen atoms in total. The van der Waals surface area contributed by atoms with E-state index in [1.165, 1.54) is 4.57 Å². The predicted molar refractivity (Wildman–Crippen MR) is 135 cm³/mol. The van der Waals surface area contributed by atoms with E-state index in [2.05, 4.69) is 10.3 Å². The summed E-state index contributed by atoms with van der Waals surface area (Å²) in [6, 6.07) is 21.2. The molecular weight excluding hydrogens is 426 g/mol. The van der Waals surface area contributed by atoms with Gasteiger partial charge in [0, 0.05) is 36.8 Å². The van der Waals surface area contributed by atoms with E-state index in [0.29, 0.717) is 41.7 Å². The van der Waals surface area contributed by atoms with Gasteiger partial charge >= 0.3 is 0 Å². The number of amides is 1. The predicted octanol–water partition coefficient (Wildman–Crippen LogP) is 4.32. The van der Waals surface area contributed by atoms with Crippen LogP contribution in [0.15, 0.2) is 77.7 Å². The van der Waals surface area contributed by atoms with E-state index >= 15 is 0 Å². The highest BCUT2D eigenvalue weighted by Gasteiger charge is 2.24. The third-order valence-electron chi connectivity index (χ3n) is 6.04. The Labute approximate surface area is 198 Å². The Morgan fingerprint density at radius 2 is 1.79 bits per heavy atom. The number of aryl methyl sites for hydroxylation is 1. The minimum atomic E-state index is -0.320. The zero-order valence-corrected chi connectivity index (χ0v) is 19.5. The average Bonchev–Trinajstić information content (AvgIpc) is 2.87. The van der Waals surface area contributed by atoms with Crippen molar-refractivity contribution >= 4 is 16.8 Å². The van der Waals surface area contributed by atoms with Crippen molar-refractivity contribution in [1.29, 1.82) is 0 Å². The lowest BCUT2D eigenvalue weighted by atomic mass is 9.97. The minimum Gasteiger partial charge on any atom is -0.396 e. The maximum absolute atomic E-state index is 13.7. The molecule has 0 saturated heterocycles. The van der Waals surface area contributed by atoms with Crippen LogP contribution in [-0.2, 0) is 13.1 Å². The molecule has 0 spiro atoms. The van der Waals surface area contributed by atoms with Crippen LogP contribution in [0, 0.1) is 12.8 Å². The third kappa shape index (κ3) is 4.92. The molecular formula is C28H29N3O3. The highest BCUT2D eigenvalue weighted by Crippen LogP contribution is 2.31. The van der Waals surface area contributed by atoms with E-state index in [9.17, 15) is 14.7 Å². The molecule has 2 heterocycles. The molecule has 2 aromatic heterocycles. The Morgan fingerprint density at radius 1 is 1.06 bits per heavy atom. The summed E-state index contributed by atoms with van der Waals surface area (Å²) in [6.07, 6.45) is 2.15. The molecule has 0 fully saturated rings. The van der Waals surface area contributed by atoms with Gasteiger partial charge in [0.1, 0.15) is 11.2 Å². The number of benzene rings is 2. The summed E-state index contributed by atoms with van der Waals surface area (Å²) in [6.45, 7) is 4.59. The van der Waals surface area contributed by atoms with Crippen molar-refractivity contribution < 1.29 is 9.90 Å². The lowest BCUT2D eigenvalue weighted by Crippen LogP contribution is -2.34. The standard InChI is InChI=1S/C28H29N3O3/c1-19-10-12-22(13-11-19)24-23-9-6-15-29-25(23)28(34)31(16-14-20(2)18-32)26(24)27(33)30-17-21-7-4-3-5-8-21/h3-13,15,20,32H,14,16-18H2,1-2H3,(H,30,33). The number of rotatable bonds is 8. The van der Waals surface area contributed by atoms with E-state index in [0.717, 1.165) is 16.7 Å². The quantitative estimate of drug-likeness (QED) is 0.414. The van der Waals surface area contributed by atoms with Crippen LogP contribution in [0.5, 0.6) is 0 Å². The summed E-state index contributed by atoms with van der Waals surface area (Å²) in [4.78, 5) is 31.6. The van der Waals surface area contributed by atoms with Crippen molar-refractivity contribution in [3.63, 3.8) is 0 Å². The number of aromatic nitrogens is 2. The van der Waals surface area contributed by atoms with Gasteiger partial charge in [0.05, 0.1) is 0 Å². The van der Waals surface area contributed by atoms with Crippen molar-refractivity contribution in [2.75, 3.05) is 6.61 Å². The number of fused-ring (bicyclic) bond motifs is 1. The Hall–Kier alpha value is -3.77. The van der Waals surface area contributed by atoms with Gasteiger partial charge in [-0.25, -0.2) is 0 Å². The lowest BCUT2D eigenvalue weighted by Gasteiger charge is -2.20. The largest absolute Gasteiger partial charge is 0.396 e. The van der Waals surface area contributed by atoms with Gasteiger partial charge in [-0.15, -0.1) is 0 Å². The van der Waals surface area contributed by atoms with Crippen LogP contribution >= 0.6 is 0 Å². The molecule has 1 atom stereocenters. The summed E-state index contributed by atoms with van der Waals surface area (Å²) in [5.41, 5.74) is 3.94. The number of nitrogens with zero attached hydrogens (tertiary/aromatic N) is 2. The molecule has 2 aromatic carbocycles. The second-order valence-electron chi connectivity index (χ2n) is 8.69. The van der Waals surface area contributed by atoms with Crippen LogP contribution < -0.4 is 10.9 Å². The van der Waals surface area contributed by atoms with Crippen LogP contribution in [0.1, 0.15) is 35.0 Å². The van der Waals surface area contributed by atoms with E-state index in [1.807, 2.05) is 74.5 Å². The van der Waals surface area contributed by atoms with Gasteiger partial charge in [0.25, 0.3) is 11.5 Å². The average molecular weight is 456 g/mol. The fraction of sp³-hybridized carbons (Fsp3) is 0.250. The first kappa shape index (κ1) is 23.4. The molecule has 6 heteroatoms. The summed E-state index contributed by atoms with van der Waals surface area (Å²) >= 11 is 0. The minimum absolute atomic E-state index is 0.00520. The number of nitrogens with one attached hydrogen (secondary N) is 1. The zero-order chi connectivity index (χ0) is 24.1. The highest BCUT2D eigenvalue weighted by atomic mass is 16.3. The fourth-order valence-electron chi connectivity index (χ4n) is 4.03. The van der Waals surface area contributed by atoms with Crippen LogP contribution in [0.4, 0.5) is 0 Å². The second-order valence-corrected chi connectivity index (χ2v) is 8.69. The maximum Gasteiger partial charge on any atom is 0.277 e. The molecule has 0 aliphatic carbocycles. The summed E-state index contributed by atoms with van der Waals surface area (Å²) < 4.78 is 1.52. The Morgan fingerprint density at radius 3 is 2.50 bits per heavy atom. The first-order valence-corrected chi connectivity index (χ1v) is 11.5. The zero-order valence-electron chi connectivity index (χ0n) is 19.5. The van der Waals surface area contributed by atoms with Gasteiger partial charge in [0.2, 0.25) is 0 Å². The van der Waals surface area contributed by atoms with Crippen LogP contribution in [0.2, 0.25) is 0 Å². The first-order valence-electron chi connectivity index (χ1n) is 11.5. The van der Waals surface area contributed by atoms with Gasteiger partial charge < -0.3 is 15.0 Å². The van der Waals surface area contributed by atoms with E-state index in [-0.39, 0.29) is 24.0 Å². The fourth-order valence-corrected chi connectivity index (χ4v) is 4.03. The Bertz CT molecular complexity index is 1350. The van der Waals surface area contributed by atoms with E-state index < -0.39 is 0 Å². The van der Waals surface area contributed by atoms with Crippen molar-refractivity contribution in [1.82, 2.24) is 14.9 Å². The van der Waals surface area contributed by atoms with Crippen molar-refractivity contribution in [2.24, 2.45) is 5.92 Å². The van der Waals surface area contributed by atoms with E-state index in [1.54, 1.807) is 12.3 Å². The molecule has 0 aliphatic heterocycles. The molecule has 0 radical (unpaired) electrons. The summed E-state index contributed by atoms with van der Waals surface area (Å²) in [5, 5.41) is 13.2. The lowest BCUT2D eigenvalue weighted by molar-refractivity contribution is 0.0940. The molecule has 1 amide bonds. The number of carbonyl (C=O) groups is 1. The molecule has 34 heavy (non-hydrogen) atoms. The molecule has 2 N–H and O–H groups in total. The van der Waals surface area contributed by atoms with Crippen LogP contribution in [0.3, 0.4) is 0 Å². The number of carbonyl (C=O) groups excluding carboxylic acids is 1. The second kappa shape index (κ2) is 10.4.